The van der Waals surface area contributed by atoms with Crippen molar-refractivity contribution in [2.45, 2.75) is 26.8 Å². The fourth-order valence-electron chi connectivity index (χ4n) is 3.64. The Morgan fingerprint density at radius 1 is 1.10 bits per heavy atom. The van der Waals surface area contributed by atoms with Crippen molar-refractivity contribution in [1.29, 1.82) is 0 Å². The molecule has 0 aliphatic heterocycles. The number of hydrogen-bond donors (Lipinski definition) is 2. The Hall–Kier alpha value is -3.68. The summed E-state index contributed by atoms with van der Waals surface area (Å²) in [5.74, 6) is -0.299. The van der Waals surface area contributed by atoms with E-state index < -0.39 is 0 Å². The number of nitrogens with one attached hydrogen (secondary N) is 2. The predicted molar refractivity (Wildman–Crippen MR) is 115 cm³/mol. The highest BCUT2D eigenvalue weighted by atomic mass is 19.1. The predicted octanol–water partition coefficient (Wildman–Crippen LogP) is 4.08. The molecular formula is C22H22FN5O2. The summed E-state index contributed by atoms with van der Waals surface area (Å²) < 4.78 is 16.8. The van der Waals surface area contributed by atoms with Crippen LogP contribution in [-0.2, 0) is 11.8 Å². The second kappa shape index (κ2) is 7.29. The van der Waals surface area contributed by atoms with Gasteiger partial charge in [-0.3, -0.25) is 19.2 Å². The van der Waals surface area contributed by atoms with Gasteiger partial charge in [0.05, 0.1) is 22.4 Å². The standard InChI is InChI=1S/C22H22FN5O2/c1-12(2)28-17-10-7-15(11-18(17)27(4)22(28)30)20-19(14-5-8-16(23)9-6-14)25-21(26-20)24-13(3)29/h5-12H,1-4H3,(H2,24,25,26,29). The van der Waals surface area contributed by atoms with E-state index in [2.05, 4.69) is 15.3 Å². The van der Waals surface area contributed by atoms with Crippen LogP contribution in [0.4, 0.5) is 10.3 Å². The molecule has 0 saturated carbocycles. The maximum Gasteiger partial charge on any atom is 0.329 e. The molecule has 1 amide bonds. The van der Waals surface area contributed by atoms with Crippen molar-refractivity contribution in [3.8, 4) is 22.5 Å². The molecule has 0 unspecified atom stereocenters. The molecule has 154 valence electrons. The number of halogens is 1. The number of H-pyrrole nitrogens is 1. The highest BCUT2D eigenvalue weighted by Crippen LogP contribution is 2.33. The van der Waals surface area contributed by atoms with Gasteiger partial charge >= 0.3 is 5.69 Å². The molecule has 4 aromatic rings. The fraction of sp³-hybridized carbons (Fsp3) is 0.227. The molecule has 0 radical (unpaired) electrons. The van der Waals surface area contributed by atoms with Crippen LogP contribution in [-0.4, -0.2) is 25.0 Å². The number of carbonyl (C=O) groups excluding carboxylic acids is 1. The number of anilines is 1. The Labute approximate surface area is 172 Å². The van der Waals surface area contributed by atoms with Crippen LogP contribution in [0.3, 0.4) is 0 Å². The van der Waals surface area contributed by atoms with Gasteiger partial charge in [0.15, 0.2) is 0 Å². The van der Waals surface area contributed by atoms with Crippen LogP contribution in [0.2, 0.25) is 0 Å². The number of amides is 1. The van der Waals surface area contributed by atoms with Crippen LogP contribution in [0.1, 0.15) is 26.8 Å². The van der Waals surface area contributed by atoms with Crippen molar-refractivity contribution in [3.05, 3.63) is 58.8 Å². The third-order valence-electron chi connectivity index (χ3n) is 5.01. The van der Waals surface area contributed by atoms with Gasteiger partial charge in [-0.05, 0) is 50.2 Å². The Morgan fingerprint density at radius 3 is 2.40 bits per heavy atom. The van der Waals surface area contributed by atoms with Gasteiger partial charge in [-0.2, -0.15) is 0 Å². The molecule has 2 aromatic heterocycles. The Balaban J connectivity index is 1.92. The van der Waals surface area contributed by atoms with Gasteiger partial charge < -0.3 is 4.98 Å². The van der Waals surface area contributed by atoms with Crippen molar-refractivity contribution in [2.75, 3.05) is 5.32 Å². The summed E-state index contributed by atoms with van der Waals surface area (Å²) in [5, 5.41) is 2.65. The Bertz CT molecular complexity index is 1310. The third-order valence-corrected chi connectivity index (χ3v) is 5.01. The monoisotopic (exact) mass is 407 g/mol. The number of aryl methyl sites for hydroxylation is 1. The summed E-state index contributed by atoms with van der Waals surface area (Å²) in [5.41, 5.74) is 4.26. The smallest absolute Gasteiger partial charge is 0.323 e. The topological polar surface area (TPSA) is 84.7 Å². The van der Waals surface area contributed by atoms with Gasteiger partial charge in [0.2, 0.25) is 11.9 Å². The lowest BCUT2D eigenvalue weighted by Crippen LogP contribution is -2.23. The summed E-state index contributed by atoms with van der Waals surface area (Å²) in [4.78, 5) is 31.8. The molecule has 2 N–H and O–H groups in total. The number of aromatic nitrogens is 4. The van der Waals surface area contributed by atoms with E-state index in [0.29, 0.717) is 17.3 Å². The zero-order chi connectivity index (χ0) is 21.6. The summed E-state index contributed by atoms with van der Waals surface area (Å²) >= 11 is 0. The van der Waals surface area contributed by atoms with E-state index in [0.717, 1.165) is 22.2 Å². The normalized spacial score (nSPS) is 11.4. The van der Waals surface area contributed by atoms with E-state index in [1.165, 1.54) is 19.1 Å². The summed E-state index contributed by atoms with van der Waals surface area (Å²) in [7, 11) is 1.74. The van der Waals surface area contributed by atoms with Crippen LogP contribution >= 0.6 is 0 Å². The molecule has 0 bridgehead atoms. The van der Waals surface area contributed by atoms with E-state index in [4.69, 9.17) is 0 Å². The number of benzene rings is 2. The molecule has 2 aromatic carbocycles. The van der Waals surface area contributed by atoms with Crippen molar-refractivity contribution in [1.82, 2.24) is 19.1 Å². The SMILES string of the molecule is CC(=O)Nc1nc(-c2ccc3c(c2)n(C)c(=O)n3C(C)C)c(-c2ccc(F)cc2)[nH]1. The average Bonchev–Trinajstić information content (AvgIpc) is 3.21. The number of nitrogens with zero attached hydrogens (tertiary/aromatic N) is 3. The minimum atomic E-state index is -0.339. The van der Waals surface area contributed by atoms with Crippen LogP contribution in [0.15, 0.2) is 47.3 Å². The molecule has 0 atom stereocenters. The second-order valence-electron chi connectivity index (χ2n) is 7.51. The first-order chi connectivity index (χ1) is 14.3. The van der Waals surface area contributed by atoms with E-state index in [1.807, 2.05) is 32.0 Å². The summed E-state index contributed by atoms with van der Waals surface area (Å²) in [6, 6.07) is 11.7. The van der Waals surface area contributed by atoms with Gasteiger partial charge in [-0.1, -0.05) is 6.07 Å². The lowest BCUT2D eigenvalue weighted by Gasteiger charge is -2.07. The van der Waals surface area contributed by atoms with Crippen molar-refractivity contribution >= 4 is 22.9 Å². The minimum absolute atomic E-state index is 0.0265. The van der Waals surface area contributed by atoms with E-state index in [9.17, 15) is 14.0 Å². The van der Waals surface area contributed by atoms with Crippen molar-refractivity contribution < 1.29 is 9.18 Å². The first-order valence-electron chi connectivity index (χ1n) is 9.61. The van der Waals surface area contributed by atoms with Gasteiger partial charge in [0.1, 0.15) is 5.82 Å². The van der Waals surface area contributed by atoms with Gasteiger partial charge in [0.25, 0.3) is 0 Å². The maximum atomic E-state index is 13.4. The number of carbonyl (C=O) groups is 1. The van der Waals surface area contributed by atoms with E-state index >= 15 is 0 Å². The van der Waals surface area contributed by atoms with Crippen LogP contribution in [0.25, 0.3) is 33.5 Å². The molecule has 0 saturated heterocycles. The Morgan fingerprint density at radius 2 is 1.77 bits per heavy atom. The van der Waals surface area contributed by atoms with Gasteiger partial charge in [0, 0.05) is 31.1 Å². The number of imidazole rings is 2. The molecule has 0 fully saturated rings. The largest absolute Gasteiger partial charge is 0.329 e. The lowest BCUT2D eigenvalue weighted by atomic mass is 10.0. The highest BCUT2D eigenvalue weighted by molar-refractivity contribution is 5.90. The molecule has 0 aliphatic carbocycles. The first-order valence-corrected chi connectivity index (χ1v) is 9.61. The van der Waals surface area contributed by atoms with Crippen LogP contribution in [0.5, 0.6) is 0 Å². The second-order valence-corrected chi connectivity index (χ2v) is 7.51. The van der Waals surface area contributed by atoms with Crippen LogP contribution < -0.4 is 11.0 Å². The number of rotatable bonds is 4. The minimum Gasteiger partial charge on any atom is -0.323 e. The van der Waals surface area contributed by atoms with Crippen LogP contribution in [0, 0.1) is 5.82 Å². The zero-order valence-electron chi connectivity index (χ0n) is 17.2. The van der Waals surface area contributed by atoms with Gasteiger partial charge in [-0.25, -0.2) is 14.2 Å². The molecule has 0 spiro atoms. The first kappa shape index (κ1) is 19.6. The average molecular weight is 407 g/mol. The molecule has 7 nitrogen and oxygen atoms in total. The van der Waals surface area contributed by atoms with Gasteiger partial charge in [-0.15, -0.1) is 0 Å². The molecule has 2 heterocycles. The number of hydrogen-bond acceptors (Lipinski definition) is 3. The maximum absolute atomic E-state index is 13.4. The molecule has 8 heteroatoms. The summed E-state index contributed by atoms with van der Waals surface area (Å²) in [6.45, 7) is 5.33. The lowest BCUT2D eigenvalue weighted by molar-refractivity contribution is -0.114. The molecule has 30 heavy (non-hydrogen) atoms. The van der Waals surface area contributed by atoms with Crippen molar-refractivity contribution in [3.63, 3.8) is 0 Å². The zero-order valence-corrected chi connectivity index (χ0v) is 17.2. The van der Waals surface area contributed by atoms with E-state index in [1.54, 1.807) is 28.3 Å². The Kier molecular flexibility index (Phi) is 4.77. The number of aromatic amines is 1. The molecule has 4 rings (SSSR count). The summed E-state index contributed by atoms with van der Waals surface area (Å²) in [6.07, 6.45) is 0. The third kappa shape index (κ3) is 3.30. The van der Waals surface area contributed by atoms with E-state index in [-0.39, 0.29) is 23.5 Å². The quantitative estimate of drug-likeness (QED) is 0.535. The van der Waals surface area contributed by atoms with Crippen molar-refractivity contribution in [2.24, 2.45) is 7.05 Å². The molecule has 0 aliphatic rings. The highest BCUT2D eigenvalue weighted by Gasteiger charge is 2.18. The number of fused-ring (bicyclic) bond motifs is 1. The molecular weight excluding hydrogens is 385 g/mol. The fourth-order valence-corrected chi connectivity index (χ4v) is 3.64.